The number of benzene rings is 2. The summed E-state index contributed by atoms with van der Waals surface area (Å²) >= 11 is 0. The van der Waals surface area contributed by atoms with Crippen molar-refractivity contribution in [2.45, 2.75) is 83.7 Å². The van der Waals surface area contributed by atoms with Gasteiger partial charge in [-0.15, -0.1) is 0 Å². The van der Waals surface area contributed by atoms with Gasteiger partial charge in [0.2, 0.25) is 17.7 Å². The van der Waals surface area contributed by atoms with Crippen LogP contribution in [0.4, 0.5) is 0 Å². The molecule has 2 saturated heterocycles. The van der Waals surface area contributed by atoms with Crippen LogP contribution in [0.15, 0.2) is 60.7 Å². The number of rotatable bonds is 14. The first-order valence-electron chi connectivity index (χ1n) is 16.2. The number of likely N-dealkylation sites (tertiary alicyclic amines) is 1. The van der Waals surface area contributed by atoms with Gasteiger partial charge in [0.05, 0.1) is 18.4 Å². The Morgan fingerprint density at radius 3 is 2.04 bits per heavy atom. The Balaban J connectivity index is 1.47. The van der Waals surface area contributed by atoms with Crippen LogP contribution in [0.25, 0.3) is 0 Å². The van der Waals surface area contributed by atoms with Crippen LogP contribution < -0.4 is 16.0 Å². The van der Waals surface area contributed by atoms with Crippen LogP contribution >= 0.6 is 0 Å². The number of carbonyl (C=O) groups excluding carboxylic acids is 5. The Labute approximate surface area is 270 Å². The Morgan fingerprint density at radius 2 is 1.43 bits per heavy atom. The summed E-state index contributed by atoms with van der Waals surface area (Å²) < 4.78 is 10.9. The van der Waals surface area contributed by atoms with E-state index in [1.807, 2.05) is 74.5 Å². The molecule has 0 saturated carbocycles. The number of nitrogens with zero attached hydrogens (tertiary/aromatic N) is 1. The van der Waals surface area contributed by atoms with Crippen molar-refractivity contribution < 1.29 is 33.4 Å². The molecule has 3 N–H and O–H groups in total. The van der Waals surface area contributed by atoms with Gasteiger partial charge in [0.25, 0.3) is 0 Å². The normalized spacial score (nSPS) is 19.2. The Hall–Kier alpha value is -4.25. The minimum atomic E-state index is -1.35. The molecule has 2 fully saturated rings. The maximum Gasteiger partial charge on any atom is 0.328 e. The molecule has 2 heterocycles. The maximum atomic E-state index is 13.7. The van der Waals surface area contributed by atoms with Gasteiger partial charge in [0, 0.05) is 13.1 Å². The molecular weight excluding hydrogens is 588 g/mol. The summed E-state index contributed by atoms with van der Waals surface area (Å²) in [6.07, 6.45) is 2.97. The third-order valence-electron chi connectivity index (χ3n) is 8.25. The largest absolute Gasteiger partial charge is 0.461 e. The van der Waals surface area contributed by atoms with E-state index in [1.165, 1.54) is 0 Å². The van der Waals surface area contributed by atoms with E-state index in [4.69, 9.17) is 9.47 Å². The quantitative estimate of drug-likeness (QED) is 0.269. The summed E-state index contributed by atoms with van der Waals surface area (Å²) in [5, 5.41) is 8.58. The molecule has 46 heavy (non-hydrogen) atoms. The van der Waals surface area contributed by atoms with Crippen LogP contribution in [-0.2, 0) is 46.7 Å². The first kappa shape index (κ1) is 34.6. The monoisotopic (exact) mass is 634 g/mol. The van der Waals surface area contributed by atoms with E-state index < -0.39 is 54.2 Å². The van der Waals surface area contributed by atoms with Crippen molar-refractivity contribution in [1.29, 1.82) is 0 Å². The fourth-order valence-electron chi connectivity index (χ4n) is 5.82. The molecule has 2 aromatic rings. The Morgan fingerprint density at radius 1 is 0.826 bits per heavy atom. The fraction of sp³-hybridized carbons (Fsp3) is 0.514. The number of ether oxygens (including phenoxy) is 2. The summed E-state index contributed by atoms with van der Waals surface area (Å²) in [7, 11) is 0. The number of esters is 2. The van der Waals surface area contributed by atoms with Gasteiger partial charge in [-0.05, 0) is 55.7 Å². The zero-order valence-electron chi connectivity index (χ0n) is 26.7. The molecule has 248 valence electrons. The van der Waals surface area contributed by atoms with E-state index in [9.17, 15) is 24.0 Å². The molecule has 0 radical (unpaired) electrons. The van der Waals surface area contributed by atoms with Crippen LogP contribution in [0.3, 0.4) is 0 Å². The third-order valence-corrected chi connectivity index (χ3v) is 8.25. The highest BCUT2D eigenvalue weighted by Crippen LogP contribution is 2.22. The summed E-state index contributed by atoms with van der Waals surface area (Å²) in [5.41, 5.74) is 1.57. The first-order chi connectivity index (χ1) is 22.2. The molecule has 4 rings (SSSR count). The SMILES string of the molecule is CC(C)C[C@H](NC(=O)[C@H](CC(=O)OCc1ccccc1)NC(=O)[C@H]1NCCC[C@H]1C(=O)N1CCCC1)C(=O)OCc1ccccc1. The molecule has 11 nitrogen and oxygen atoms in total. The van der Waals surface area contributed by atoms with Crippen LogP contribution in [0.1, 0.15) is 63.5 Å². The first-order valence-corrected chi connectivity index (χ1v) is 16.2. The van der Waals surface area contributed by atoms with Crippen molar-refractivity contribution in [1.82, 2.24) is 20.9 Å². The minimum absolute atomic E-state index is 0.000334. The number of carbonyl (C=O) groups is 5. The second kappa shape index (κ2) is 17.4. The lowest BCUT2D eigenvalue weighted by Crippen LogP contribution is -2.60. The van der Waals surface area contributed by atoms with Gasteiger partial charge in [-0.1, -0.05) is 74.5 Å². The van der Waals surface area contributed by atoms with Crippen molar-refractivity contribution in [3.8, 4) is 0 Å². The summed E-state index contributed by atoms with van der Waals surface area (Å²) in [4.78, 5) is 68.6. The average molecular weight is 635 g/mol. The predicted molar refractivity (Wildman–Crippen MR) is 171 cm³/mol. The molecule has 2 aliphatic rings. The lowest BCUT2D eigenvalue weighted by molar-refractivity contribution is -0.150. The third kappa shape index (κ3) is 10.4. The number of hydrogen-bond donors (Lipinski definition) is 3. The van der Waals surface area contributed by atoms with Crippen molar-refractivity contribution in [2.24, 2.45) is 11.8 Å². The number of piperidine rings is 1. The van der Waals surface area contributed by atoms with Crippen LogP contribution in [0.5, 0.6) is 0 Å². The molecule has 0 bridgehead atoms. The van der Waals surface area contributed by atoms with Gasteiger partial charge in [-0.3, -0.25) is 19.2 Å². The lowest BCUT2D eigenvalue weighted by atomic mass is 9.88. The Bertz CT molecular complexity index is 1310. The molecule has 3 amide bonds. The molecule has 11 heteroatoms. The van der Waals surface area contributed by atoms with Crippen LogP contribution in [-0.4, -0.2) is 72.3 Å². The van der Waals surface area contributed by atoms with Gasteiger partial charge in [-0.2, -0.15) is 0 Å². The standard InChI is InChI=1S/C35H46N4O7/c1-24(2)20-29(35(44)46-23-26-14-7-4-8-15-26)38-32(41)28(21-30(40)45-22-25-12-5-3-6-13-25)37-33(42)31-27(16-11-17-36-31)34(43)39-18-9-10-19-39/h3-8,12-15,24,27-29,31,36H,9-11,16-23H2,1-2H3,(H,37,42)(H,38,41)/t27-,28+,29+,31+/m1/s1. The Kier molecular flexibility index (Phi) is 13.1. The molecule has 0 unspecified atom stereocenters. The van der Waals surface area contributed by atoms with Crippen molar-refractivity contribution in [3.05, 3.63) is 71.8 Å². The van der Waals surface area contributed by atoms with E-state index in [2.05, 4.69) is 16.0 Å². The summed E-state index contributed by atoms with van der Waals surface area (Å²) in [5.74, 6) is -3.22. The average Bonchev–Trinajstić information content (AvgIpc) is 3.61. The zero-order chi connectivity index (χ0) is 32.9. The van der Waals surface area contributed by atoms with Gasteiger partial charge in [0.15, 0.2) is 0 Å². The van der Waals surface area contributed by atoms with E-state index in [1.54, 1.807) is 4.90 Å². The maximum absolute atomic E-state index is 13.7. The highest BCUT2D eigenvalue weighted by molar-refractivity contribution is 5.96. The minimum Gasteiger partial charge on any atom is -0.461 e. The van der Waals surface area contributed by atoms with Crippen molar-refractivity contribution in [2.75, 3.05) is 19.6 Å². The summed E-state index contributed by atoms with van der Waals surface area (Å²) in [6, 6.07) is 15.1. The highest BCUT2D eigenvalue weighted by atomic mass is 16.5. The number of hydrogen-bond acceptors (Lipinski definition) is 8. The van der Waals surface area contributed by atoms with Crippen LogP contribution in [0.2, 0.25) is 0 Å². The number of amides is 3. The van der Waals surface area contributed by atoms with E-state index in [-0.39, 0.29) is 31.5 Å². The summed E-state index contributed by atoms with van der Waals surface area (Å²) in [6.45, 7) is 5.74. The molecule has 4 atom stereocenters. The van der Waals surface area contributed by atoms with E-state index >= 15 is 0 Å². The molecule has 2 aromatic carbocycles. The van der Waals surface area contributed by atoms with Crippen molar-refractivity contribution >= 4 is 29.7 Å². The fourth-order valence-corrected chi connectivity index (χ4v) is 5.82. The molecular formula is C35H46N4O7. The topological polar surface area (TPSA) is 143 Å². The zero-order valence-corrected chi connectivity index (χ0v) is 26.7. The second-order valence-electron chi connectivity index (χ2n) is 12.4. The second-order valence-corrected chi connectivity index (χ2v) is 12.4. The molecule has 0 spiro atoms. The van der Waals surface area contributed by atoms with Gasteiger partial charge >= 0.3 is 11.9 Å². The number of nitrogens with one attached hydrogen (secondary N) is 3. The smallest absolute Gasteiger partial charge is 0.328 e. The highest BCUT2D eigenvalue weighted by Gasteiger charge is 2.40. The van der Waals surface area contributed by atoms with Gasteiger partial charge in [-0.25, -0.2) is 4.79 Å². The van der Waals surface area contributed by atoms with Gasteiger partial charge < -0.3 is 30.3 Å². The van der Waals surface area contributed by atoms with E-state index in [0.29, 0.717) is 26.1 Å². The molecule has 0 aromatic heterocycles. The van der Waals surface area contributed by atoms with Gasteiger partial charge in [0.1, 0.15) is 25.3 Å². The molecule has 0 aliphatic carbocycles. The lowest BCUT2D eigenvalue weighted by Gasteiger charge is -2.34. The predicted octanol–water partition coefficient (Wildman–Crippen LogP) is 2.87. The molecule has 2 aliphatic heterocycles. The van der Waals surface area contributed by atoms with Crippen molar-refractivity contribution in [3.63, 3.8) is 0 Å². The van der Waals surface area contributed by atoms with E-state index in [0.717, 1.165) is 30.4 Å². The van der Waals surface area contributed by atoms with Crippen LogP contribution in [0, 0.1) is 11.8 Å².